The Morgan fingerprint density at radius 3 is 2.80 bits per heavy atom. The van der Waals surface area contributed by atoms with Gasteiger partial charge in [-0.25, -0.2) is 0 Å². The average molecular weight is 521 g/mol. The number of benzene rings is 2. The third kappa shape index (κ3) is 3.20. The standard InChI is InChI=1S/C21H24N5O3.HI/c1-13-6-5-7-15(10-13)25-21(22-23-24-25)18-17-14(8-9-26(18,2)3)11-16-19(20(17)27-4)29-12-28-16;/h5-7,10-11,18H,8-9,12H2,1-4H3;1H/q+1;/p-1. The summed E-state index contributed by atoms with van der Waals surface area (Å²) in [6.45, 7) is 3.22. The maximum Gasteiger partial charge on any atom is 0.231 e. The first-order valence-electron chi connectivity index (χ1n) is 9.67. The highest BCUT2D eigenvalue weighted by Crippen LogP contribution is 2.51. The number of likely N-dealkylation sites (N-methyl/N-ethyl adjacent to an activating group) is 1. The van der Waals surface area contributed by atoms with Gasteiger partial charge in [0, 0.05) is 6.42 Å². The number of aryl methyl sites for hydroxylation is 1. The Morgan fingerprint density at radius 1 is 1.20 bits per heavy atom. The van der Waals surface area contributed by atoms with E-state index in [4.69, 9.17) is 14.2 Å². The lowest BCUT2D eigenvalue weighted by atomic mass is 9.88. The van der Waals surface area contributed by atoms with Crippen LogP contribution in [0.5, 0.6) is 17.2 Å². The van der Waals surface area contributed by atoms with Crippen LogP contribution in [0.25, 0.3) is 5.69 Å². The van der Waals surface area contributed by atoms with Crippen LogP contribution in [0.2, 0.25) is 0 Å². The number of halogens is 1. The van der Waals surface area contributed by atoms with Gasteiger partial charge in [-0.05, 0) is 46.7 Å². The minimum Gasteiger partial charge on any atom is -1.00 e. The van der Waals surface area contributed by atoms with Crippen molar-refractivity contribution in [3.63, 3.8) is 0 Å². The minimum atomic E-state index is -0.112. The van der Waals surface area contributed by atoms with Crippen molar-refractivity contribution in [3.05, 3.63) is 52.8 Å². The third-order valence-corrected chi connectivity index (χ3v) is 5.86. The maximum atomic E-state index is 5.85. The Balaban J connectivity index is 0.00000218. The molecule has 3 heterocycles. The van der Waals surface area contributed by atoms with Gasteiger partial charge < -0.3 is 42.7 Å². The van der Waals surface area contributed by atoms with E-state index in [1.54, 1.807) is 7.11 Å². The first-order valence-corrected chi connectivity index (χ1v) is 9.67. The van der Waals surface area contributed by atoms with Gasteiger partial charge in [0.05, 0.1) is 39.0 Å². The molecule has 0 fully saturated rings. The minimum absolute atomic E-state index is 0. The first kappa shape index (κ1) is 20.9. The van der Waals surface area contributed by atoms with Crippen molar-refractivity contribution in [2.75, 3.05) is 34.5 Å². The summed E-state index contributed by atoms with van der Waals surface area (Å²) in [5.74, 6) is 2.89. The van der Waals surface area contributed by atoms with E-state index in [1.807, 2.05) is 16.8 Å². The number of nitrogens with zero attached hydrogens (tertiary/aromatic N) is 5. The fourth-order valence-electron chi connectivity index (χ4n) is 4.42. The molecule has 158 valence electrons. The molecule has 0 N–H and O–H groups in total. The zero-order valence-corrected chi connectivity index (χ0v) is 19.6. The predicted octanol–water partition coefficient (Wildman–Crippen LogP) is -0.566. The number of ether oxygens (including phenoxy) is 3. The largest absolute Gasteiger partial charge is 1.00 e. The summed E-state index contributed by atoms with van der Waals surface area (Å²) in [7, 11) is 6.08. The first-order chi connectivity index (χ1) is 14.0. The topological polar surface area (TPSA) is 71.3 Å². The van der Waals surface area contributed by atoms with E-state index in [1.165, 1.54) is 5.56 Å². The number of rotatable bonds is 3. The summed E-state index contributed by atoms with van der Waals surface area (Å²) >= 11 is 0. The fraction of sp³-hybridized carbons (Fsp3) is 0.381. The number of fused-ring (bicyclic) bond motifs is 2. The van der Waals surface area contributed by atoms with Gasteiger partial charge in [-0.15, -0.1) is 5.10 Å². The van der Waals surface area contributed by atoms with Gasteiger partial charge in [0.1, 0.15) is 0 Å². The zero-order valence-electron chi connectivity index (χ0n) is 17.4. The molecule has 1 aromatic heterocycles. The highest BCUT2D eigenvalue weighted by Gasteiger charge is 2.45. The Bertz CT molecular complexity index is 1100. The van der Waals surface area contributed by atoms with Crippen LogP contribution >= 0.6 is 0 Å². The Kier molecular flexibility index (Phi) is 5.35. The lowest BCUT2D eigenvalue weighted by Crippen LogP contribution is -3.00. The second-order valence-corrected chi connectivity index (χ2v) is 8.16. The molecular formula is C21H24IN5O3. The van der Waals surface area contributed by atoms with Crippen LogP contribution in [0.1, 0.15) is 28.6 Å². The van der Waals surface area contributed by atoms with Crippen LogP contribution < -0.4 is 38.2 Å². The Labute approximate surface area is 192 Å². The van der Waals surface area contributed by atoms with Crippen LogP contribution in [-0.2, 0) is 6.42 Å². The summed E-state index contributed by atoms with van der Waals surface area (Å²) in [5, 5.41) is 12.8. The molecule has 2 aromatic carbocycles. The number of tetrazole rings is 1. The van der Waals surface area contributed by atoms with Gasteiger partial charge in [0.2, 0.25) is 18.4 Å². The molecule has 0 bridgehead atoms. The Morgan fingerprint density at radius 2 is 2.03 bits per heavy atom. The highest BCUT2D eigenvalue weighted by atomic mass is 127. The summed E-state index contributed by atoms with van der Waals surface area (Å²) in [6, 6.07) is 10.1. The molecule has 0 aliphatic carbocycles. The van der Waals surface area contributed by atoms with Crippen LogP contribution in [0, 0.1) is 6.92 Å². The number of hydrogen-bond donors (Lipinski definition) is 0. The van der Waals surface area contributed by atoms with E-state index in [-0.39, 0.29) is 36.8 Å². The van der Waals surface area contributed by atoms with Crippen molar-refractivity contribution in [3.8, 4) is 22.9 Å². The molecule has 8 nitrogen and oxygen atoms in total. The molecule has 3 aromatic rings. The van der Waals surface area contributed by atoms with Gasteiger partial charge >= 0.3 is 0 Å². The van der Waals surface area contributed by atoms with Gasteiger partial charge in [0.25, 0.3) is 0 Å². The number of quaternary nitrogens is 1. The molecule has 1 atom stereocenters. The van der Waals surface area contributed by atoms with Crippen LogP contribution in [-0.4, -0.2) is 59.2 Å². The lowest BCUT2D eigenvalue weighted by molar-refractivity contribution is -0.917. The molecule has 5 rings (SSSR count). The van der Waals surface area contributed by atoms with Crippen molar-refractivity contribution in [2.45, 2.75) is 19.4 Å². The lowest BCUT2D eigenvalue weighted by Gasteiger charge is -2.42. The summed E-state index contributed by atoms with van der Waals surface area (Å²) in [6.07, 6.45) is 0.915. The highest BCUT2D eigenvalue weighted by molar-refractivity contribution is 5.62. The van der Waals surface area contributed by atoms with Crippen LogP contribution in [0.4, 0.5) is 0 Å². The van der Waals surface area contributed by atoms with E-state index in [9.17, 15) is 0 Å². The van der Waals surface area contributed by atoms with Crippen LogP contribution in [0.15, 0.2) is 30.3 Å². The quantitative estimate of drug-likeness (QED) is 0.340. The molecule has 30 heavy (non-hydrogen) atoms. The molecule has 1 unspecified atom stereocenters. The molecule has 2 aliphatic rings. The molecular weight excluding hydrogens is 497 g/mol. The van der Waals surface area contributed by atoms with Crippen molar-refractivity contribution >= 4 is 0 Å². The zero-order chi connectivity index (χ0) is 20.2. The summed E-state index contributed by atoms with van der Waals surface area (Å²) in [5.41, 5.74) is 4.35. The molecule has 0 radical (unpaired) electrons. The summed E-state index contributed by atoms with van der Waals surface area (Å²) < 4.78 is 19.8. The van der Waals surface area contributed by atoms with E-state index in [0.717, 1.165) is 41.4 Å². The van der Waals surface area contributed by atoms with Gasteiger partial charge in [-0.3, -0.25) is 0 Å². The van der Waals surface area contributed by atoms with Gasteiger partial charge in [0.15, 0.2) is 17.5 Å². The monoisotopic (exact) mass is 521 g/mol. The molecule has 2 aliphatic heterocycles. The van der Waals surface area contributed by atoms with Gasteiger partial charge in [-0.1, -0.05) is 12.1 Å². The van der Waals surface area contributed by atoms with E-state index in [2.05, 4.69) is 54.7 Å². The van der Waals surface area contributed by atoms with Crippen molar-refractivity contribution in [1.29, 1.82) is 0 Å². The van der Waals surface area contributed by atoms with Crippen molar-refractivity contribution in [2.24, 2.45) is 0 Å². The van der Waals surface area contributed by atoms with Crippen molar-refractivity contribution in [1.82, 2.24) is 20.2 Å². The van der Waals surface area contributed by atoms with Crippen LogP contribution in [0.3, 0.4) is 0 Å². The number of hydrogen-bond acceptors (Lipinski definition) is 6. The molecule has 0 saturated heterocycles. The Hall–Kier alpha value is -2.40. The molecule has 9 heteroatoms. The molecule has 0 saturated carbocycles. The van der Waals surface area contributed by atoms with E-state index < -0.39 is 0 Å². The molecule has 0 spiro atoms. The second-order valence-electron chi connectivity index (χ2n) is 8.16. The number of aromatic nitrogens is 4. The maximum absolute atomic E-state index is 5.85. The fourth-order valence-corrected chi connectivity index (χ4v) is 4.42. The third-order valence-electron chi connectivity index (χ3n) is 5.86. The smallest absolute Gasteiger partial charge is 0.231 e. The van der Waals surface area contributed by atoms with E-state index in [0.29, 0.717) is 16.0 Å². The normalized spacial score (nSPS) is 18.5. The van der Waals surface area contributed by atoms with E-state index >= 15 is 0 Å². The van der Waals surface area contributed by atoms with Gasteiger partial charge in [-0.2, -0.15) is 4.68 Å². The summed E-state index contributed by atoms with van der Waals surface area (Å²) in [4.78, 5) is 0. The van der Waals surface area contributed by atoms with Crippen molar-refractivity contribution < 1.29 is 42.7 Å². The second kappa shape index (κ2) is 7.69. The average Bonchev–Trinajstić information content (AvgIpc) is 3.35. The molecule has 0 amide bonds. The predicted molar refractivity (Wildman–Crippen MR) is 106 cm³/mol. The number of methoxy groups -OCH3 is 1. The SMILES string of the molecule is COc1c2c(cc3c1C(c1nnnn1-c1cccc(C)c1)[N+](C)(C)CC3)OCO2.[I-].